The Balaban J connectivity index is 1.62. The van der Waals surface area contributed by atoms with Gasteiger partial charge in [0.25, 0.3) is 5.91 Å². The molecule has 3 aromatic heterocycles. The highest BCUT2D eigenvalue weighted by Crippen LogP contribution is 2.26. The maximum Gasteiger partial charge on any atom is 0.257 e. The average Bonchev–Trinajstić information content (AvgIpc) is 3.23. The molecular weight excluding hydrogens is 386 g/mol. The molecule has 0 unspecified atom stereocenters. The molecule has 0 aliphatic heterocycles. The van der Waals surface area contributed by atoms with Crippen molar-refractivity contribution in [1.82, 2.24) is 19.7 Å². The first-order chi connectivity index (χ1) is 15.3. The number of hydrogen-bond acceptors (Lipinski definition) is 4. The Labute approximate surface area is 179 Å². The van der Waals surface area contributed by atoms with E-state index in [0.29, 0.717) is 34.7 Å². The van der Waals surface area contributed by atoms with Crippen molar-refractivity contribution in [2.75, 3.05) is 5.32 Å². The van der Waals surface area contributed by atoms with Gasteiger partial charge in [0, 0.05) is 11.8 Å². The number of carbonyl (C=O) groups is 1. The molecule has 0 saturated heterocycles. The van der Waals surface area contributed by atoms with Crippen molar-refractivity contribution in [3.05, 3.63) is 108 Å². The summed E-state index contributed by atoms with van der Waals surface area (Å²) < 4.78 is 1.83. The van der Waals surface area contributed by atoms with E-state index in [1.807, 2.05) is 77.5 Å². The summed E-state index contributed by atoms with van der Waals surface area (Å²) in [5.74, 6) is 0.248. The molecule has 31 heavy (non-hydrogen) atoms. The number of amides is 1. The molecule has 3 heterocycles. The van der Waals surface area contributed by atoms with Gasteiger partial charge in [-0.2, -0.15) is 5.10 Å². The van der Waals surface area contributed by atoms with Crippen molar-refractivity contribution in [3.63, 3.8) is 0 Å². The molecule has 2 aromatic carbocycles. The summed E-state index contributed by atoms with van der Waals surface area (Å²) in [6.45, 7) is 0.566. The number of aromatic nitrogens is 4. The van der Waals surface area contributed by atoms with Gasteiger partial charge in [0.05, 0.1) is 29.4 Å². The highest BCUT2D eigenvalue weighted by molar-refractivity contribution is 6.12. The molecule has 0 spiro atoms. The molecule has 6 nitrogen and oxygen atoms in total. The van der Waals surface area contributed by atoms with Gasteiger partial charge in [0.15, 0.2) is 5.65 Å². The van der Waals surface area contributed by atoms with Crippen molar-refractivity contribution >= 4 is 22.8 Å². The SMILES string of the molecule is O=C(Nc1ccccn1)c1cc(-c2ccccc2)nc2c1cnn2Cc1ccccc1. The van der Waals surface area contributed by atoms with Gasteiger partial charge in [-0.05, 0) is 23.8 Å². The van der Waals surface area contributed by atoms with E-state index in [4.69, 9.17) is 4.98 Å². The van der Waals surface area contributed by atoms with E-state index in [2.05, 4.69) is 15.4 Å². The second kappa shape index (κ2) is 8.20. The average molecular weight is 405 g/mol. The third-order valence-electron chi connectivity index (χ3n) is 5.01. The van der Waals surface area contributed by atoms with Crippen molar-refractivity contribution in [2.24, 2.45) is 0 Å². The maximum absolute atomic E-state index is 13.2. The molecule has 0 bridgehead atoms. The summed E-state index contributed by atoms with van der Waals surface area (Å²) in [4.78, 5) is 22.2. The molecule has 0 saturated carbocycles. The number of rotatable bonds is 5. The molecule has 0 aliphatic rings. The molecule has 0 atom stereocenters. The Hall–Kier alpha value is -4.32. The van der Waals surface area contributed by atoms with Crippen molar-refractivity contribution in [1.29, 1.82) is 0 Å². The number of carbonyl (C=O) groups excluding carboxylic acids is 1. The summed E-state index contributed by atoms with van der Waals surface area (Å²) in [6, 6.07) is 27.1. The minimum atomic E-state index is -0.248. The van der Waals surface area contributed by atoms with Crippen LogP contribution in [-0.4, -0.2) is 25.7 Å². The predicted molar refractivity (Wildman–Crippen MR) is 121 cm³/mol. The quantitative estimate of drug-likeness (QED) is 0.456. The minimum absolute atomic E-state index is 0.248. The van der Waals surface area contributed by atoms with Crippen LogP contribution in [0.25, 0.3) is 22.3 Å². The molecule has 150 valence electrons. The fraction of sp³-hybridized carbons (Fsp3) is 0.0400. The normalized spacial score (nSPS) is 10.8. The van der Waals surface area contributed by atoms with Gasteiger partial charge in [-0.3, -0.25) is 4.79 Å². The summed E-state index contributed by atoms with van der Waals surface area (Å²) >= 11 is 0. The van der Waals surface area contributed by atoms with Gasteiger partial charge in [0.1, 0.15) is 5.82 Å². The Kier molecular flexibility index (Phi) is 4.94. The first kappa shape index (κ1) is 18.7. The summed E-state index contributed by atoms with van der Waals surface area (Å²) in [6.07, 6.45) is 3.35. The fourth-order valence-corrected chi connectivity index (χ4v) is 3.48. The van der Waals surface area contributed by atoms with Gasteiger partial charge in [-0.15, -0.1) is 0 Å². The molecule has 5 rings (SSSR count). The monoisotopic (exact) mass is 405 g/mol. The van der Waals surface area contributed by atoms with E-state index in [1.165, 1.54) is 0 Å². The van der Waals surface area contributed by atoms with Gasteiger partial charge in [0.2, 0.25) is 0 Å². The van der Waals surface area contributed by atoms with Crippen LogP contribution in [0.4, 0.5) is 5.82 Å². The summed E-state index contributed by atoms with van der Waals surface area (Å²) in [5, 5.41) is 8.11. The van der Waals surface area contributed by atoms with Crippen molar-refractivity contribution in [2.45, 2.75) is 6.54 Å². The first-order valence-electron chi connectivity index (χ1n) is 9.96. The van der Waals surface area contributed by atoms with Crippen LogP contribution in [0.5, 0.6) is 0 Å². The van der Waals surface area contributed by atoms with Crippen molar-refractivity contribution in [3.8, 4) is 11.3 Å². The zero-order valence-electron chi connectivity index (χ0n) is 16.6. The van der Waals surface area contributed by atoms with Crippen LogP contribution < -0.4 is 5.32 Å². The molecule has 0 fully saturated rings. The number of nitrogens with one attached hydrogen (secondary N) is 1. The summed E-state index contributed by atoms with van der Waals surface area (Å²) in [5.41, 5.74) is 3.93. The Bertz CT molecular complexity index is 1330. The second-order valence-electron chi connectivity index (χ2n) is 7.12. The number of benzene rings is 2. The van der Waals surface area contributed by atoms with E-state index in [-0.39, 0.29) is 5.91 Å². The van der Waals surface area contributed by atoms with Crippen LogP contribution in [0.1, 0.15) is 15.9 Å². The molecule has 0 radical (unpaired) electrons. The third-order valence-corrected chi connectivity index (χ3v) is 5.01. The zero-order valence-corrected chi connectivity index (χ0v) is 16.6. The predicted octanol–water partition coefficient (Wildman–Crippen LogP) is 4.79. The van der Waals surface area contributed by atoms with E-state index >= 15 is 0 Å². The van der Waals surface area contributed by atoms with Crippen LogP contribution in [-0.2, 0) is 6.54 Å². The number of nitrogens with zero attached hydrogens (tertiary/aromatic N) is 4. The smallest absolute Gasteiger partial charge is 0.257 e. The number of hydrogen-bond donors (Lipinski definition) is 1. The number of pyridine rings is 2. The largest absolute Gasteiger partial charge is 0.307 e. The molecule has 1 N–H and O–H groups in total. The van der Waals surface area contributed by atoms with Crippen LogP contribution in [0.15, 0.2) is 97.3 Å². The van der Waals surface area contributed by atoms with E-state index in [1.54, 1.807) is 24.5 Å². The lowest BCUT2D eigenvalue weighted by Gasteiger charge is -2.10. The highest BCUT2D eigenvalue weighted by Gasteiger charge is 2.18. The van der Waals surface area contributed by atoms with Gasteiger partial charge in [-0.1, -0.05) is 66.7 Å². The maximum atomic E-state index is 13.2. The lowest BCUT2D eigenvalue weighted by molar-refractivity contribution is 0.102. The summed E-state index contributed by atoms with van der Waals surface area (Å²) in [7, 11) is 0. The van der Waals surface area contributed by atoms with E-state index < -0.39 is 0 Å². The van der Waals surface area contributed by atoms with Crippen LogP contribution in [0, 0.1) is 0 Å². The van der Waals surface area contributed by atoms with Crippen molar-refractivity contribution < 1.29 is 4.79 Å². The molecular formula is C25H19N5O. The van der Waals surface area contributed by atoms with E-state index in [0.717, 1.165) is 11.1 Å². The third kappa shape index (κ3) is 3.91. The lowest BCUT2D eigenvalue weighted by Crippen LogP contribution is -2.14. The van der Waals surface area contributed by atoms with Gasteiger partial charge >= 0.3 is 0 Å². The Morgan fingerprint density at radius 3 is 2.39 bits per heavy atom. The van der Waals surface area contributed by atoms with E-state index in [9.17, 15) is 4.79 Å². The molecule has 1 amide bonds. The zero-order chi connectivity index (χ0) is 21.0. The van der Waals surface area contributed by atoms with Crippen LogP contribution >= 0.6 is 0 Å². The second-order valence-corrected chi connectivity index (χ2v) is 7.12. The standard InChI is InChI=1S/C25H19N5O/c31-25(29-23-13-7-8-14-26-23)20-15-22(19-11-5-2-6-12-19)28-24-21(20)16-27-30(24)17-18-9-3-1-4-10-18/h1-16H,17H2,(H,26,29,31). The topological polar surface area (TPSA) is 72.7 Å². The molecule has 0 aliphatic carbocycles. The Morgan fingerprint density at radius 1 is 0.903 bits per heavy atom. The molecule has 6 heteroatoms. The first-order valence-corrected chi connectivity index (χ1v) is 9.96. The minimum Gasteiger partial charge on any atom is -0.307 e. The Morgan fingerprint density at radius 2 is 1.65 bits per heavy atom. The van der Waals surface area contributed by atoms with Gasteiger partial charge < -0.3 is 5.32 Å². The number of anilines is 1. The van der Waals surface area contributed by atoms with Crippen LogP contribution in [0.3, 0.4) is 0 Å². The lowest BCUT2D eigenvalue weighted by atomic mass is 10.1. The highest BCUT2D eigenvalue weighted by atomic mass is 16.1. The fourth-order valence-electron chi connectivity index (χ4n) is 3.48. The van der Waals surface area contributed by atoms with Crippen LogP contribution in [0.2, 0.25) is 0 Å². The van der Waals surface area contributed by atoms with Gasteiger partial charge in [-0.25, -0.2) is 14.6 Å². The molecule has 5 aromatic rings. The number of fused-ring (bicyclic) bond motifs is 1.